The predicted molar refractivity (Wildman–Crippen MR) is 68.8 cm³/mol. The molecule has 0 spiro atoms. The van der Waals surface area contributed by atoms with Crippen LogP contribution in [0, 0.1) is 0 Å². The zero-order valence-electron chi connectivity index (χ0n) is 9.43. The number of benzene rings is 1. The molecule has 1 aromatic carbocycles. The summed E-state index contributed by atoms with van der Waals surface area (Å²) >= 11 is 0. The highest BCUT2D eigenvalue weighted by Crippen LogP contribution is 2.28. The van der Waals surface area contributed by atoms with Gasteiger partial charge >= 0.3 is 0 Å². The maximum Gasteiger partial charge on any atom is 0.0743 e. The van der Waals surface area contributed by atoms with Crippen molar-refractivity contribution < 1.29 is 5.11 Å². The third-order valence-electron chi connectivity index (χ3n) is 3.24. The molecule has 4 heteroatoms. The number of hydrogen-bond donors (Lipinski definition) is 3. The van der Waals surface area contributed by atoms with E-state index in [9.17, 15) is 5.11 Å². The Morgan fingerprint density at radius 1 is 1.29 bits per heavy atom. The van der Waals surface area contributed by atoms with Crippen LogP contribution < -0.4 is 11.1 Å². The zero-order chi connectivity index (χ0) is 11.8. The summed E-state index contributed by atoms with van der Waals surface area (Å²) in [5.41, 5.74) is 8.42. The summed E-state index contributed by atoms with van der Waals surface area (Å²) < 4.78 is 0. The van der Waals surface area contributed by atoms with Crippen LogP contribution in [0.1, 0.15) is 12.8 Å². The summed E-state index contributed by atoms with van der Waals surface area (Å²) in [5.74, 6) is 0. The van der Waals surface area contributed by atoms with Gasteiger partial charge in [-0.3, -0.25) is 4.98 Å². The minimum Gasteiger partial charge on any atom is -0.399 e. The maximum absolute atomic E-state index is 9.28. The number of nitrogen functional groups attached to an aromatic ring is 1. The van der Waals surface area contributed by atoms with Crippen LogP contribution in [0.15, 0.2) is 30.5 Å². The first-order chi connectivity index (χ1) is 8.22. The Labute approximate surface area is 99.5 Å². The molecule has 3 rings (SSSR count). The van der Waals surface area contributed by atoms with E-state index >= 15 is 0 Å². The lowest BCUT2D eigenvalue weighted by atomic mass is 9.89. The van der Waals surface area contributed by atoms with Crippen LogP contribution in [0.3, 0.4) is 0 Å². The van der Waals surface area contributed by atoms with Crippen molar-refractivity contribution in [2.45, 2.75) is 25.0 Å². The Bertz CT molecular complexity index is 549. The van der Waals surface area contributed by atoms with E-state index in [0.717, 1.165) is 35.1 Å². The molecular weight excluding hydrogens is 214 g/mol. The van der Waals surface area contributed by atoms with Gasteiger partial charge < -0.3 is 16.2 Å². The van der Waals surface area contributed by atoms with Crippen molar-refractivity contribution >= 4 is 22.3 Å². The second-order valence-electron chi connectivity index (χ2n) is 4.60. The Morgan fingerprint density at radius 3 is 2.88 bits per heavy atom. The molecule has 0 atom stereocenters. The third-order valence-corrected chi connectivity index (χ3v) is 3.24. The molecule has 4 nitrogen and oxygen atoms in total. The van der Waals surface area contributed by atoms with Gasteiger partial charge in [-0.1, -0.05) is 0 Å². The smallest absolute Gasteiger partial charge is 0.0743 e. The van der Waals surface area contributed by atoms with Gasteiger partial charge in [-0.25, -0.2) is 0 Å². The molecule has 88 valence electrons. The topological polar surface area (TPSA) is 71.2 Å². The van der Waals surface area contributed by atoms with Crippen molar-refractivity contribution in [2.75, 3.05) is 11.1 Å². The van der Waals surface area contributed by atoms with Crippen molar-refractivity contribution in [1.29, 1.82) is 0 Å². The minimum atomic E-state index is -0.142. The lowest BCUT2D eigenvalue weighted by Crippen LogP contribution is -2.38. The van der Waals surface area contributed by atoms with Gasteiger partial charge in [-0.05, 0) is 37.1 Å². The molecule has 17 heavy (non-hydrogen) atoms. The van der Waals surface area contributed by atoms with Crippen LogP contribution in [0.4, 0.5) is 11.4 Å². The Hall–Kier alpha value is -1.81. The molecule has 2 aromatic rings. The highest BCUT2D eigenvalue weighted by molar-refractivity contribution is 5.92. The molecule has 1 aliphatic rings. The van der Waals surface area contributed by atoms with Gasteiger partial charge in [0.15, 0.2) is 0 Å². The fourth-order valence-corrected chi connectivity index (χ4v) is 2.22. The van der Waals surface area contributed by atoms with E-state index in [4.69, 9.17) is 5.73 Å². The number of rotatable bonds is 2. The molecule has 1 heterocycles. The molecule has 0 saturated heterocycles. The average molecular weight is 229 g/mol. The number of nitrogens with two attached hydrogens (primary N) is 1. The fraction of sp³-hybridized carbons (Fsp3) is 0.308. The normalized spacial score (nSPS) is 23.4. The number of hydrogen-bond acceptors (Lipinski definition) is 4. The Balaban J connectivity index is 1.93. The molecule has 1 saturated carbocycles. The number of aliphatic hydroxyl groups excluding tert-OH is 1. The number of aromatic nitrogens is 1. The summed E-state index contributed by atoms with van der Waals surface area (Å²) in [5, 5.41) is 13.8. The largest absolute Gasteiger partial charge is 0.399 e. The summed E-state index contributed by atoms with van der Waals surface area (Å²) in [6.45, 7) is 0. The Morgan fingerprint density at radius 2 is 2.12 bits per heavy atom. The molecular formula is C13H15N3O. The zero-order valence-corrected chi connectivity index (χ0v) is 9.43. The number of fused-ring (bicyclic) bond motifs is 1. The van der Waals surface area contributed by atoms with Gasteiger partial charge in [0.25, 0.3) is 0 Å². The van der Waals surface area contributed by atoms with Crippen LogP contribution in [-0.2, 0) is 0 Å². The maximum atomic E-state index is 9.28. The Kier molecular flexibility index (Phi) is 2.37. The molecule has 1 aromatic heterocycles. The van der Waals surface area contributed by atoms with E-state index in [1.807, 2.05) is 24.3 Å². The number of pyridine rings is 1. The highest BCUT2D eigenvalue weighted by atomic mass is 16.3. The van der Waals surface area contributed by atoms with E-state index in [2.05, 4.69) is 10.3 Å². The van der Waals surface area contributed by atoms with Crippen molar-refractivity contribution in [1.82, 2.24) is 4.98 Å². The predicted octanol–water partition coefficient (Wildman–Crippen LogP) is 1.75. The van der Waals surface area contributed by atoms with Gasteiger partial charge in [0.05, 0.1) is 11.6 Å². The average Bonchev–Trinajstić information content (AvgIpc) is 2.27. The first-order valence-electron chi connectivity index (χ1n) is 5.81. The number of anilines is 2. The van der Waals surface area contributed by atoms with Crippen molar-refractivity contribution in [3.8, 4) is 0 Å². The van der Waals surface area contributed by atoms with E-state index < -0.39 is 0 Å². The van der Waals surface area contributed by atoms with E-state index in [1.165, 1.54) is 0 Å². The van der Waals surface area contributed by atoms with Crippen LogP contribution in [0.2, 0.25) is 0 Å². The molecule has 0 amide bonds. The van der Waals surface area contributed by atoms with Gasteiger partial charge in [0.1, 0.15) is 0 Å². The minimum absolute atomic E-state index is 0.142. The summed E-state index contributed by atoms with van der Waals surface area (Å²) in [6.07, 6.45) is 3.27. The molecule has 1 aliphatic carbocycles. The van der Waals surface area contributed by atoms with Crippen LogP contribution in [-0.4, -0.2) is 22.2 Å². The van der Waals surface area contributed by atoms with Gasteiger partial charge in [0.2, 0.25) is 0 Å². The second kappa shape index (κ2) is 3.89. The molecule has 0 radical (unpaired) electrons. The summed E-state index contributed by atoms with van der Waals surface area (Å²) in [6, 6.07) is 8.06. The quantitative estimate of drug-likeness (QED) is 0.686. The van der Waals surface area contributed by atoms with Crippen molar-refractivity contribution in [3.63, 3.8) is 0 Å². The second-order valence-corrected chi connectivity index (χ2v) is 4.60. The molecule has 0 unspecified atom stereocenters. The van der Waals surface area contributed by atoms with Crippen molar-refractivity contribution in [2.24, 2.45) is 0 Å². The van der Waals surface area contributed by atoms with E-state index in [1.54, 1.807) is 6.20 Å². The molecule has 0 bridgehead atoms. The lowest BCUT2D eigenvalue weighted by molar-refractivity contribution is 0.0837. The first-order valence-corrected chi connectivity index (χ1v) is 5.81. The number of aliphatic hydroxyl groups is 1. The molecule has 0 aliphatic heterocycles. The summed E-state index contributed by atoms with van der Waals surface area (Å²) in [4.78, 5) is 4.30. The molecule has 4 N–H and O–H groups in total. The van der Waals surface area contributed by atoms with E-state index in [-0.39, 0.29) is 6.10 Å². The number of nitrogens with zero attached hydrogens (tertiary/aromatic N) is 1. The van der Waals surface area contributed by atoms with Crippen molar-refractivity contribution in [3.05, 3.63) is 30.5 Å². The van der Waals surface area contributed by atoms with Crippen LogP contribution in [0.25, 0.3) is 10.9 Å². The fourth-order valence-electron chi connectivity index (χ4n) is 2.22. The van der Waals surface area contributed by atoms with Gasteiger partial charge in [-0.2, -0.15) is 0 Å². The molecule has 1 fully saturated rings. The van der Waals surface area contributed by atoms with Crippen LogP contribution in [0.5, 0.6) is 0 Å². The van der Waals surface area contributed by atoms with Gasteiger partial charge in [0, 0.05) is 29.0 Å². The monoisotopic (exact) mass is 229 g/mol. The number of nitrogens with one attached hydrogen (secondary N) is 1. The first kappa shape index (κ1) is 10.4. The highest BCUT2D eigenvalue weighted by Gasteiger charge is 2.27. The summed E-state index contributed by atoms with van der Waals surface area (Å²) in [7, 11) is 0. The van der Waals surface area contributed by atoms with Gasteiger partial charge in [-0.15, -0.1) is 0 Å². The SMILES string of the molecule is Nc1ccc2c(NC3CC(O)C3)ccnc2c1. The standard InChI is InChI=1S/C13H15N3O/c14-8-1-2-11-12(3-4-15-13(11)5-8)16-9-6-10(17)7-9/h1-5,9-10,17H,6-7,14H2,(H,15,16). The lowest BCUT2D eigenvalue weighted by Gasteiger charge is -2.33. The van der Waals surface area contributed by atoms with E-state index in [0.29, 0.717) is 6.04 Å². The third kappa shape index (κ3) is 1.91. The van der Waals surface area contributed by atoms with Crippen LogP contribution >= 0.6 is 0 Å².